The van der Waals surface area contributed by atoms with E-state index < -0.39 is 12.7 Å². The van der Waals surface area contributed by atoms with Crippen LogP contribution in [0.15, 0.2) is 24.3 Å². The van der Waals surface area contributed by atoms with E-state index in [2.05, 4.69) is 12.2 Å². The number of ether oxygens (including phenoxy) is 1. The van der Waals surface area contributed by atoms with Gasteiger partial charge in [-0.15, -0.1) is 0 Å². The Bertz CT molecular complexity index is 562. The molecule has 1 N–H and O–H groups in total. The summed E-state index contributed by atoms with van der Waals surface area (Å²) in [6.45, 7) is 1.17. The molecular weight excluding hydrogens is 349 g/mol. The number of nitrogens with one attached hydrogen (secondary N) is 1. The average Bonchev–Trinajstić information content (AvgIpc) is 2.56. The first kappa shape index (κ1) is 19.8. The van der Waals surface area contributed by atoms with Crippen LogP contribution in [0.5, 0.6) is 5.75 Å². The monoisotopic (exact) mass is 374 g/mol. The third kappa shape index (κ3) is 6.38. The van der Waals surface area contributed by atoms with Crippen LogP contribution < -0.4 is 10.1 Å². The van der Waals surface area contributed by atoms with E-state index >= 15 is 0 Å². The summed E-state index contributed by atoms with van der Waals surface area (Å²) in [7, 11) is 1.55. The second-order valence-electron chi connectivity index (χ2n) is 6.64. The number of benzene rings is 1. The fourth-order valence-electron chi connectivity index (χ4n) is 3.15. The molecule has 2 atom stereocenters. The van der Waals surface area contributed by atoms with Crippen LogP contribution in [-0.4, -0.2) is 35.9 Å². The van der Waals surface area contributed by atoms with Crippen LogP contribution in [0.4, 0.5) is 13.2 Å². The van der Waals surface area contributed by atoms with Gasteiger partial charge in [0.15, 0.2) is 5.11 Å². The summed E-state index contributed by atoms with van der Waals surface area (Å²) in [5.74, 6) is 1.09. The molecule has 0 radical (unpaired) electrons. The molecule has 0 unspecified atom stereocenters. The zero-order chi connectivity index (χ0) is 18.4. The van der Waals surface area contributed by atoms with Gasteiger partial charge in [0.25, 0.3) is 0 Å². The molecular formula is C18H25F3N2OS. The Morgan fingerprint density at radius 1 is 1.24 bits per heavy atom. The number of halogens is 3. The summed E-state index contributed by atoms with van der Waals surface area (Å²) in [6.07, 6.45) is -0.0231. The summed E-state index contributed by atoms with van der Waals surface area (Å²) < 4.78 is 44.1. The predicted molar refractivity (Wildman–Crippen MR) is 96.6 cm³/mol. The molecule has 0 spiro atoms. The smallest absolute Gasteiger partial charge is 0.406 e. The lowest BCUT2D eigenvalue weighted by Crippen LogP contribution is -2.49. The maximum Gasteiger partial charge on any atom is 0.406 e. The minimum atomic E-state index is -4.31. The van der Waals surface area contributed by atoms with Gasteiger partial charge in [-0.25, -0.2) is 0 Å². The summed E-state index contributed by atoms with van der Waals surface area (Å²) in [6, 6.07) is 7.14. The molecule has 0 amide bonds. The summed E-state index contributed by atoms with van der Waals surface area (Å²) >= 11 is 5.32. The van der Waals surface area contributed by atoms with E-state index in [9.17, 15) is 13.2 Å². The van der Waals surface area contributed by atoms with Crippen LogP contribution in [0.3, 0.4) is 0 Å². The van der Waals surface area contributed by atoms with Crippen molar-refractivity contribution in [1.82, 2.24) is 10.2 Å². The van der Waals surface area contributed by atoms with Crippen LogP contribution in [0.25, 0.3) is 0 Å². The second kappa shape index (κ2) is 8.74. The number of alkyl halides is 3. The Morgan fingerprint density at radius 3 is 2.44 bits per heavy atom. The number of rotatable bonds is 5. The highest BCUT2D eigenvalue weighted by Crippen LogP contribution is 2.25. The molecule has 1 fully saturated rings. The number of hydrogen-bond acceptors (Lipinski definition) is 2. The largest absolute Gasteiger partial charge is 0.497 e. The van der Waals surface area contributed by atoms with E-state index in [0.29, 0.717) is 11.7 Å². The molecule has 1 aliphatic carbocycles. The van der Waals surface area contributed by atoms with Gasteiger partial charge < -0.3 is 15.0 Å². The van der Waals surface area contributed by atoms with Crippen molar-refractivity contribution < 1.29 is 17.9 Å². The number of nitrogens with zero attached hydrogens (tertiary/aromatic N) is 1. The van der Waals surface area contributed by atoms with Crippen molar-refractivity contribution in [2.75, 3.05) is 13.7 Å². The lowest BCUT2D eigenvalue weighted by Gasteiger charge is -2.34. The van der Waals surface area contributed by atoms with Gasteiger partial charge in [-0.2, -0.15) is 13.2 Å². The quantitative estimate of drug-likeness (QED) is 0.767. The Morgan fingerprint density at radius 2 is 1.88 bits per heavy atom. The van der Waals surface area contributed by atoms with Crippen molar-refractivity contribution in [1.29, 1.82) is 0 Å². The highest BCUT2D eigenvalue weighted by atomic mass is 32.1. The van der Waals surface area contributed by atoms with Gasteiger partial charge in [0.05, 0.1) is 7.11 Å². The minimum Gasteiger partial charge on any atom is -0.497 e. The highest BCUT2D eigenvalue weighted by Gasteiger charge is 2.33. The fourth-order valence-corrected chi connectivity index (χ4v) is 3.43. The molecule has 0 aliphatic heterocycles. The lowest BCUT2D eigenvalue weighted by molar-refractivity contribution is -0.138. The van der Waals surface area contributed by atoms with E-state index in [1.54, 1.807) is 31.4 Å². The molecule has 1 saturated carbocycles. The fraction of sp³-hybridized carbons (Fsp3) is 0.611. The van der Waals surface area contributed by atoms with Crippen molar-refractivity contribution >= 4 is 17.3 Å². The first-order valence-corrected chi connectivity index (χ1v) is 8.94. The van der Waals surface area contributed by atoms with Crippen LogP contribution in [0.2, 0.25) is 0 Å². The summed E-state index contributed by atoms with van der Waals surface area (Å²) in [4.78, 5) is 1.19. The average molecular weight is 374 g/mol. The Labute approximate surface area is 152 Å². The van der Waals surface area contributed by atoms with Crippen molar-refractivity contribution in [3.8, 4) is 5.75 Å². The molecule has 2 rings (SSSR count). The highest BCUT2D eigenvalue weighted by molar-refractivity contribution is 7.80. The molecule has 0 heterocycles. The first-order chi connectivity index (χ1) is 11.8. The van der Waals surface area contributed by atoms with Gasteiger partial charge in [-0.05, 0) is 48.7 Å². The standard InChI is InChI=1S/C18H25F3N2OS/c1-13-5-3-4-6-16(13)22-17(25)23(12-18(19,20)21)11-14-7-9-15(24-2)10-8-14/h7-10,13,16H,3-6,11-12H2,1-2H3,(H,22,25)/t13-,16-/m0/s1. The SMILES string of the molecule is COc1ccc(CN(CC(F)(F)F)C(=S)N[C@H]2CCCC[C@@H]2C)cc1. The molecule has 140 valence electrons. The van der Waals surface area contributed by atoms with Gasteiger partial charge in [0.2, 0.25) is 0 Å². The van der Waals surface area contributed by atoms with Crippen molar-refractivity contribution in [2.45, 2.75) is 51.4 Å². The second-order valence-corrected chi connectivity index (χ2v) is 7.02. The molecule has 0 saturated heterocycles. The van der Waals surface area contributed by atoms with Crippen LogP contribution in [0.1, 0.15) is 38.2 Å². The van der Waals surface area contributed by atoms with Gasteiger partial charge in [0.1, 0.15) is 12.3 Å². The molecule has 7 heteroatoms. The molecule has 1 aromatic carbocycles. The Hall–Kier alpha value is -1.50. The minimum absolute atomic E-state index is 0.108. The van der Waals surface area contributed by atoms with Gasteiger partial charge >= 0.3 is 6.18 Å². The third-order valence-corrected chi connectivity index (χ3v) is 4.99. The van der Waals surface area contributed by atoms with Gasteiger partial charge in [0, 0.05) is 12.6 Å². The first-order valence-electron chi connectivity index (χ1n) is 8.53. The molecule has 1 aromatic rings. The molecule has 0 aromatic heterocycles. The predicted octanol–water partition coefficient (Wildman–Crippen LogP) is 4.51. The van der Waals surface area contributed by atoms with E-state index in [1.807, 2.05) is 0 Å². The van der Waals surface area contributed by atoms with Crippen LogP contribution in [-0.2, 0) is 6.54 Å². The summed E-state index contributed by atoms with van der Waals surface area (Å²) in [5.41, 5.74) is 0.755. The van der Waals surface area contributed by atoms with Gasteiger partial charge in [-0.1, -0.05) is 31.9 Å². The third-order valence-electron chi connectivity index (χ3n) is 4.61. The topological polar surface area (TPSA) is 24.5 Å². The lowest BCUT2D eigenvalue weighted by atomic mass is 9.86. The van der Waals surface area contributed by atoms with Crippen molar-refractivity contribution in [3.05, 3.63) is 29.8 Å². The summed E-state index contributed by atoms with van der Waals surface area (Å²) in [5, 5.41) is 3.34. The van der Waals surface area contributed by atoms with Crippen molar-refractivity contribution in [3.63, 3.8) is 0 Å². The maximum atomic E-state index is 13.0. The van der Waals surface area contributed by atoms with E-state index in [0.717, 1.165) is 24.8 Å². The Kier molecular flexibility index (Phi) is 6.93. The zero-order valence-corrected chi connectivity index (χ0v) is 15.4. The number of hydrogen-bond donors (Lipinski definition) is 1. The number of methoxy groups -OCH3 is 1. The van der Waals surface area contributed by atoms with E-state index in [4.69, 9.17) is 17.0 Å². The number of thiocarbonyl (C=S) groups is 1. The van der Waals surface area contributed by atoms with Crippen LogP contribution >= 0.6 is 12.2 Å². The molecule has 25 heavy (non-hydrogen) atoms. The molecule has 0 bridgehead atoms. The van der Waals surface area contributed by atoms with Crippen molar-refractivity contribution in [2.24, 2.45) is 5.92 Å². The van der Waals surface area contributed by atoms with Gasteiger partial charge in [-0.3, -0.25) is 0 Å². The zero-order valence-electron chi connectivity index (χ0n) is 14.6. The Balaban J connectivity index is 2.06. The van der Waals surface area contributed by atoms with Crippen LogP contribution in [0, 0.1) is 5.92 Å². The maximum absolute atomic E-state index is 13.0. The van der Waals surface area contributed by atoms with E-state index in [1.165, 1.54) is 11.3 Å². The van der Waals surface area contributed by atoms with E-state index in [-0.39, 0.29) is 17.7 Å². The normalized spacial score (nSPS) is 20.8. The molecule has 1 aliphatic rings. The molecule has 3 nitrogen and oxygen atoms in total.